The van der Waals surface area contributed by atoms with Crippen LogP contribution in [0, 0.1) is 13.8 Å². The third-order valence-electron chi connectivity index (χ3n) is 4.35. The van der Waals surface area contributed by atoms with Crippen LogP contribution < -0.4 is 5.32 Å². The second-order valence-corrected chi connectivity index (χ2v) is 5.94. The van der Waals surface area contributed by atoms with Crippen LogP contribution >= 0.6 is 0 Å². The Balaban J connectivity index is 1.52. The lowest BCUT2D eigenvalue weighted by Gasteiger charge is -2.35. The standard InChI is InChI=1S/C15H22N4O4/c1-10-13(11(2)23-17-10)16-15(21)19-7-5-18(6-8-19)14(20)12-4-3-9-22-12/h12H,3-9H2,1-2H3,(H,16,21). The lowest BCUT2D eigenvalue weighted by Crippen LogP contribution is -2.53. The maximum absolute atomic E-state index is 12.3. The Morgan fingerprint density at radius 1 is 1.17 bits per heavy atom. The van der Waals surface area contributed by atoms with Crippen molar-refractivity contribution in [2.45, 2.75) is 32.8 Å². The molecule has 1 aromatic rings. The maximum atomic E-state index is 12.3. The number of ether oxygens (including phenoxy) is 1. The highest BCUT2D eigenvalue weighted by atomic mass is 16.5. The number of nitrogens with one attached hydrogen (secondary N) is 1. The van der Waals surface area contributed by atoms with Gasteiger partial charge in [-0.3, -0.25) is 4.79 Å². The molecule has 2 saturated heterocycles. The summed E-state index contributed by atoms with van der Waals surface area (Å²) in [6.07, 6.45) is 1.44. The van der Waals surface area contributed by atoms with Gasteiger partial charge >= 0.3 is 6.03 Å². The Labute approximate surface area is 134 Å². The number of hydrogen-bond acceptors (Lipinski definition) is 5. The van der Waals surface area contributed by atoms with Crippen LogP contribution in [0.15, 0.2) is 4.52 Å². The number of aryl methyl sites for hydroxylation is 2. The molecule has 3 amide bonds. The van der Waals surface area contributed by atoms with Crippen molar-refractivity contribution in [3.05, 3.63) is 11.5 Å². The van der Waals surface area contributed by atoms with E-state index in [4.69, 9.17) is 9.26 Å². The molecule has 23 heavy (non-hydrogen) atoms. The van der Waals surface area contributed by atoms with Crippen molar-refractivity contribution in [3.63, 3.8) is 0 Å². The number of hydrogen-bond donors (Lipinski definition) is 1. The number of nitrogens with zero attached hydrogens (tertiary/aromatic N) is 3. The molecule has 2 aliphatic heterocycles. The highest BCUT2D eigenvalue weighted by molar-refractivity contribution is 5.90. The van der Waals surface area contributed by atoms with E-state index in [-0.39, 0.29) is 18.0 Å². The summed E-state index contributed by atoms with van der Waals surface area (Å²) in [4.78, 5) is 28.1. The predicted octanol–water partition coefficient (Wildman–Crippen LogP) is 1.15. The van der Waals surface area contributed by atoms with Crippen molar-refractivity contribution in [1.29, 1.82) is 0 Å². The van der Waals surface area contributed by atoms with Gasteiger partial charge in [-0.05, 0) is 26.7 Å². The molecule has 1 atom stereocenters. The van der Waals surface area contributed by atoms with Crippen LogP contribution in [-0.2, 0) is 9.53 Å². The van der Waals surface area contributed by atoms with E-state index >= 15 is 0 Å². The summed E-state index contributed by atoms with van der Waals surface area (Å²) >= 11 is 0. The molecule has 0 aromatic carbocycles. The Hall–Kier alpha value is -2.09. The molecular weight excluding hydrogens is 300 g/mol. The van der Waals surface area contributed by atoms with Crippen LogP contribution in [0.3, 0.4) is 0 Å². The number of piperazine rings is 1. The van der Waals surface area contributed by atoms with E-state index in [1.165, 1.54) is 0 Å². The number of amides is 3. The predicted molar refractivity (Wildman–Crippen MR) is 82.1 cm³/mol. The first kappa shape index (κ1) is 15.8. The lowest BCUT2D eigenvalue weighted by atomic mass is 10.2. The van der Waals surface area contributed by atoms with Gasteiger partial charge in [0.1, 0.15) is 17.5 Å². The van der Waals surface area contributed by atoms with Crippen molar-refractivity contribution < 1.29 is 18.8 Å². The minimum Gasteiger partial charge on any atom is -0.368 e. The highest BCUT2D eigenvalue weighted by Crippen LogP contribution is 2.20. The molecule has 3 rings (SSSR count). The Morgan fingerprint density at radius 3 is 2.43 bits per heavy atom. The summed E-state index contributed by atoms with van der Waals surface area (Å²) in [6, 6.07) is -0.191. The molecule has 2 aliphatic rings. The average Bonchev–Trinajstić information content (AvgIpc) is 3.20. The van der Waals surface area contributed by atoms with E-state index in [1.807, 2.05) is 0 Å². The van der Waals surface area contributed by atoms with Crippen LogP contribution in [0.25, 0.3) is 0 Å². The number of rotatable bonds is 2. The fraction of sp³-hybridized carbons (Fsp3) is 0.667. The molecule has 8 heteroatoms. The first-order valence-electron chi connectivity index (χ1n) is 7.95. The fourth-order valence-corrected chi connectivity index (χ4v) is 2.95. The van der Waals surface area contributed by atoms with Gasteiger partial charge in [0.25, 0.3) is 5.91 Å². The van der Waals surface area contributed by atoms with Gasteiger partial charge in [0.15, 0.2) is 5.76 Å². The molecule has 0 saturated carbocycles. The van der Waals surface area contributed by atoms with Gasteiger partial charge in [0.05, 0.1) is 0 Å². The van der Waals surface area contributed by atoms with Gasteiger partial charge < -0.3 is 24.4 Å². The number of carbonyl (C=O) groups is 2. The van der Waals surface area contributed by atoms with E-state index in [2.05, 4.69) is 10.5 Å². The minimum absolute atomic E-state index is 0.0493. The topological polar surface area (TPSA) is 87.9 Å². The van der Waals surface area contributed by atoms with Gasteiger partial charge in [-0.25, -0.2) is 4.79 Å². The molecule has 1 N–H and O–H groups in total. The molecule has 1 aromatic heterocycles. The van der Waals surface area contributed by atoms with E-state index in [1.54, 1.807) is 23.6 Å². The second-order valence-electron chi connectivity index (χ2n) is 5.94. The van der Waals surface area contributed by atoms with Crippen molar-refractivity contribution in [2.24, 2.45) is 0 Å². The normalized spacial score (nSPS) is 21.6. The van der Waals surface area contributed by atoms with E-state index in [0.29, 0.717) is 49.9 Å². The first-order valence-corrected chi connectivity index (χ1v) is 7.95. The highest BCUT2D eigenvalue weighted by Gasteiger charge is 2.31. The smallest absolute Gasteiger partial charge is 0.322 e. The largest absolute Gasteiger partial charge is 0.368 e. The first-order chi connectivity index (χ1) is 11.1. The van der Waals surface area contributed by atoms with E-state index in [9.17, 15) is 9.59 Å². The van der Waals surface area contributed by atoms with Crippen LogP contribution in [0.4, 0.5) is 10.5 Å². The summed E-state index contributed by atoms with van der Waals surface area (Å²) in [7, 11) is 0. The number of carbonyl (C=O) groups excluding carboxylic acids is 2. The molecule has 126 valence electrons. The Morgan fingerprint density at radius 2 is 1.87 bits per heavy atom. The fourth-order valence-electron chi connectivity index (χ4n) is 2.95. The summed E-state index contributed by atoms with van der Waals surface area (Å²) < 4.78 is 10.5. The summed E-state index contributed by atoms with van der Waals surface area (Å²) in [5.41, 5.74) is 1.27. The summed E-state index contributed by atoms with van der Waals surface area (Å²) in [5.74, 6) is 0.635. The van der Waals surface area contributed by atoms with Gasteiger partial charge in [-0.2, -0.15) is 0 Å². The molecule has 8 nitrogen and oxygen atoms in total. The quantitative estimate of drug-likeness (QED) is 0.882. The molecule has 2 fully saturated rings. The van der Waals surface area contributed by atoms with Crippen LogP contribution in [0.2, 0.25) is 0 Å². The number of aromatic nitrogens is 1. The second kappa shape index (κ2) is 6.57. The molecular formula is C15H22N4O4. The molecule has 0 spiro atoms. The molecule has 0 aliphatic carbocycles. The van der Waals surface area contributed by atoms with Crippen LogP contribution in [0.1, 0.15) is 24.3 Å². The zero-order chi connectivity index (χ0) is 16.4. The van der Waals surface area contributed by atoms with Gasteiger partial charge in [0.2, 0.25) is 0 Å². The van der Waals surface area contributed by atoms with Crippen molar-refractivity contribution in [3.8, 4) is 0 Å². The average molecular weight is 322 g/mol. The summed E-state index contributed by atoms with van der Waals surface area (Å²) in [6.45, 7) is 6.29. The molecule has 1 unspecified atom stereocenters. The van der Waals surface area contributed by atoms with Gasteiger partial charge in [-0.1, -0.05) is 5.16 Å². The third kappa shape index (κ3) is 3.31. The zero-order valence-corrected chi connectivity index (χ0v) is 13.5. The SMILES string of the molecule is Cc1noc(C)c1NC(=O)N1CCN(C(=O)C2CCCO2)CC1. The maximum Gasteiger partial charge on any atom is 0.322 e. The Bertz CT molecular complexity index is 567. The van der Waals surface area contributed by atoms with Crippen LogP contribution in [-0.4, -0.2) is 65.8 Å². The van der Waals surface area contributed by atoms with Gasteiger partial charge in [0, 0.05) is 32.8 Å². The molecule has 0 bridgehead atoms. The number of urea groups is 1. The Kier molecular flexibility index (Phi) is 4.51. The van der Waals surface area contributed by atoms with Crippen molar-refractivity contribution in [1.82, 2.24) is 15.0 Å². The molecule has 0 radical (unpaired) electrons. The zero-order valence-electron chi connectivity index (χ0n) is 13.5. The third-order valence-corrected chi connectivity index (χ3v) is 4.35. The van der Waals surface area contributed by atoms with E-state index in [0.717, 1.165) is 12.8 Å². The lowest BCUT2D eigenvalue weighted by molar-refractivity contribution is -0.142. The van der Waals surface area contributed by atoms with Crippen molar-refractivity contribution >= 4 is 17.6 Å². The van der Waals surface area contributed by atoms with E-state index < -0.39 is 0 Å². The van der Waals surface area contributed by atoms with Crippen LogP contribution in [0.5, 0.6) is 0 Å². The minimum atomic E-state index is -0.294. The number of anilines is 1. The monoisotopic (exact) mass is 322 g/mol. The van der Waals surface area contributed by atoms with Gasteiger partial charge in [-0.15, -0.1) is 0 Å². The van der Waals surface area contributed by atoms with Crippen molar-refractivity contribution in [2.75, 3.05) is 38.1 Å². The molecule has 3 heterocycles. The summed E-state index contributed by atoms with van der Waals surface area (Å²) in [5, 5.41) is 6.65.